The third kappa shape index (κ3) is 3.18. The molecule has 1 aliphatic rings. The predicted octanol–water partition coefficient (Wildman–Crippen LogP) is 4.10. The maximum absolute atomic E-state index is 15.0. The number of H-pyrrole nitrogens is 1. The summed E-state index contributed by atoms with van der Waals surface area (Å²) >= 11 is 0. The van der Waals surface area contributed by atoms with Crippen LogP contribution in [-0.2, 0) is 0 Å². The van der Waals surface area contributed by atoms with E-state index in [4.69, 9.17) is 5.73 Å². The molecule has 3 N–H and O–H groups in total. The van der Waals surface area contributed by atoms with Gasteiger partial charge in [0.05, 0.1) is 22.2 Å². The van der Waals surface area contributed by atoms with Crippen molar-refractivity contribution in [1.29, 1.82) is 5.26 Å². The molecule has 0 saturated carbocycles. The molecule has 1 saturated heterocycles. The van der Waals surface area contributed by atoms with E-state index >= 15 is 0 Å². The molecule has 0 aliphatic carbocycles. The van der Waals surface area contributed by atoms with Crippen molar-refractivity contribution < 1.29 is 8.78 Å². The first-order valence-electron chi connectivity index (χ1n) is 10.2. The topological polar surface area (TPSA) is 94.6 Å². The number of nitriles is 1. The first kappa shape index (κ1) is 19.4. The minimum atomic E-state index is -0.906. The van der Waals surface area contributed by atoms with Crippen LogP contribution >= 0.6 is 0 Å². The van der Waals surface area contributed by atoms with Crippen LogP contribution in [0.3, 0.4) is 0 Å². The van der Waals surface area contributed by atoms with Crippen molar-refractivity contribution in [2.24, 2.45) is 11.7 Å². The molecule has 1 unspecified atom stereocenters. The monoisotopic (exact) mass is 418 g/mol. The van der Waals surface area contributed by atoms with Crippen LogP contribution in [0.1, 0.15) is 18.4 Å². The van der Waals surface area contributed by atoms with E-state index in [1.807, 2.05) is 0 Å². The minimum Gasteiger partial charge on any atom is -0.370 e. The molecule has 8 heteroatoms. The molecular formula is C23H20F2N6. The van der Waals surface area contributed by atoms with Gasteiger partial charge in [-0.05, 0) is 43.5 Å². The number of nitrogens with one attached hydrogen (secondary N) is 1. The Labute approximate surface area is 177 Å². The van der Waals surface area contributed by atoms with E-state index < -0.39 is 11.6 Å². The van der Waals surface area contributed by atoms with Crippen LogP contribution < -0.4 is 10.6 Å². The molecule has 31 heavy (non-hydrogen) atoms. The fraction of sp³-hybridized carbons (Fsp3) is 0.261. The molecule has 0 bridgehead atoms. The molecule has 4 heterocycles. The molecule has 0 amide bonds. The molecule has 0 spiro atoms. The zero-order valence-corrected chi connectivity index (χ0v) is 16.7. The Morgan fingerprint density at radius 2 is 2.10 bits per heavy atom. The van der Waals surface area contributed by atoms with Crippen LogP contribution in [0, 0.1) is 28.9 Å². The van der Waals surface area contributed by atoms with Gasteiger partial charge in [0.25, 0.3) is 0 Å². The van der Waals surface area contributed by atoms with Gasteiger partial charge in [0, 0.05) is 48.2 Å². The summed E-state index contributed by atoms with van der Waals surface area (Å²) in [5.41, 5.74) is 9.52. The number of halogens is 2. The van der Waals surface area contributed by atoms with Gasteiger partial charge in [-0.3, -0.25) is 4.98 Å². The Morgan fingerprint density at radius 3 is 2.90 bits per heavy atom. The molecule has 6 nitrogen and oxygen atoms in total. The van der Waals surface area contributed by atoms with Gasteiger partial charge in [0.15, 0.2) is 11.6 Å². The molecule has 1 fully saturated rings. The van der Waals surface area contributed by atoms with Crippen molar-refractivity contribution in [2.75, 3.05) is 24.5 Å². The summed E-state index contributed by atoms with van der Waals surface area (Å²) < 4.78 is 29.2. The Morgan fingerprint density at radius 1 is 1.23 bits per heavy atom. The van der Waals surface area contributed by atoms with E-state index in [1.54, 1.807) is 18.5 Å². The molecule has 156 valence electrons. The summed E-state index contributed by atoms with van der Waals surface area (Å²) in [5.74, 6) is -1.50. The Balaban J connectivity index is 1.85. The maximum atomic E-state index is 15.0. The number of piperidine rings is 1. The average Bonchev–Trinajstić information content (AvgIpc) is 3.20. The second kappa shape index (κ2) is 7.60. The quantitative estimate of drug-likeness (QED) is 0.522. The van der Waals surface area contributed by atoms with E-state index in [9.17, 15) is 14.0 Å². The van der Waals surface area contributed by atoms with Gasteiger partial charge in [-0.1, -0.05) is 0 Å². The molecule has 1 atom stereocenters. The number of anilines is 1. The second-order valence-electron chi connectivity index (χ2n) is 7.92. The van der Waals surface area contributed by atoms with Gasteiger partial charge >= 0.3 is 0 Å². The van der Waals surface area contributed by atoms with Crippen molar-refractivity contribution in [3.05, 3.63) is 54.0 Å². The Bertz CT molecular complexity index is 1340. The van der Waals surface area contributed by atoms with Crippen molar-refractivity contribution in [3.63, 3.8) is 0 Å². The van der Waals surface area contributed by atoms with Crippen LogP contribution in [0.2, 0.25) is 0 Å². The van der Waals surface area contributed by atoms with Crippen LogP contribution in [0.4, 0.5) is 14.5 Å². The lowest BCUT2D eigenvalue weighted by Crippen LogP contribution is -2.38. The third-order valence-electron chi connectivity index (χ3n) is 6.00. The molecule has 0 radical (unpaired) electrons. The van der Waals surface area contributed by atoms with Crippen LogP contribution in [0.15, 0.2) is 36.8 Å². The fourth-order valence-electron chi connectivity index (χ4n) is 4.51. The van der Waals surface area contributed by atoms with Crippen LogP contribution in [-0.4, -0.2) is 34.6 Å². The smallest absolute Gasteiger partial charge is 0.168 e. The number of nitrogens with two attached hydrogens (primary N) is 1. The zero-order valence-electron chi connectivity index (χ0n) is 16.7. The predicted molar refractivity (Wildman–Crippen MR) is 115 cm³/mol. The van der Waals surface area contributed by atoms with E-state index in [0.29, 0.717) is 46.7 Å². The molecule has 4 aromatic rings. The number of benzene rings is 1. The SMILES string of the molecule is N#Cc1cncc(-c2cnc3[nH]c4ccc(F)c(F)c4c3c2N2CCCC(CN)C2)c1. The van der Waals surface area contributed by atoms with Crippen molar-refractivity contribution in [3.8, 4) is 17.2 Å². The standard InChI is InChI=1S/C23H20F2N6/c24-17-3-4-18-19(21(17)25)20-22(31-5-1-2-13(7-26)12-31)16(11-29-23(20)30-18)15-6-14(8-27)9-28-10-15/h3-4,6,9-11,13H,1-2,5,7,12,26H2,(H,29,30). The highest BCUT2D eigenvalue weighted by atomic mass is 19.2. The number of fused-ring (bicyclic) bond motifs is 3. The van der Waals surface area contributed by atoms with Gasteiger partial charge in [-0.25, -0.2) is 13.8 Å². The lowest BCUT2D eigenvalue weighted by Gasteiger charge is -2.35. The summed E-state index contributed by atoms with van der Waals surface area (Å²) in [6.45, 7) is 2.03. The maximum Gasteiger partial charge on any atom is 0.168 e. The van der Waals surface area contributed by atoms with E-state index in [1.165, 1.54) is 12.3 Å². The van der Waals surface area contributed by atoms with E-state index in [0.717, 1.165) is 36.7 Å². The highest BCUT2D eigenvalue weighted by Gasteiger charge is 2.27. The number of nitrogens with zero attached hydrogens (tertiary/aromatic N) is 4. The van der Waals surface area contributed by atoms with Crippen molar-refractivity contribution in [2.45, 2.75) is 12.8 Å². The summed E-state index contributed by atoms with van der Waals surface area (Å²) in [6, 6.07) is 6.47. The van der Waals surface area contributed by atoms with E-state index in [-0.39, 0.29) is 5.39 Å². The first-order chi connectivity index (χ1) is 15.1. The Kier molecular flexibility index (Phi) is 4.75. The normalized spacial score (nSPS) is 16.7. The number of hydrogen-bond acceptors (Lipinski definition) is 5. The average molecular weight is 418 g/mol. The lowest BCUT2D eigenvalue weighted by molar-refractivity contribution is 0.424. The van der Waals surface area contributed by atoms with Crippen LogP contribution in [0.5, 0.6) is 0 Å². The van der Waals surface area contributed by atoms with Gasteiger partial charge in [-0.15, -0.1) is 0 Å². The summed E-state index contributed by atoms with van der Waals surface area (Å²) in [6.07, 6.45) is 6.82. The number of hydrogen-bond donors (Lipinski definition) is 2. The molecule has 5 rings (SSSR count). The lowest BCUT2D eigenvalue weighted by atomic mass is 9.95. The van der Waals surface area contributed by atoms with Crippen LogP contribution in [0.25, 0.3) is 33.1 Å². The summed E-state index contributed by atoms with van der Waals surface area (Å²) in [5, 5.41) is 10.0. The largest absolute Gasteiger partial charge is 0.370 e. The molecule has 1 aromatic carbocycles. The molecular weight excluding hydrogens is 398 g/mol. The molecule has 1 aliphatic heterocycles. The third-order valence-corrected chi connectivity index (χ3v) is 6.00. The first-order valence-corrected chi connectivity index (χ1v) is 10.2. The molecule has 3 aromatic heterocycles. The van der Waals surface area contributed by atoms with Gasteiger partial charge < -0.3 is 15.6 Å². The van der Waals surface area contributed by atoms with E-state index in [2.05, 4.69) is 25.9 Å². The fourth-order valence-corrected chi connectivity index (χ4v) is 4.51. The van der Waals surface area contributed by atoms with Gasteiger partial charge in [0.2, 0.25) is 0 Å². The van der Waals surface area contributed by atoms with Gasteiger partial charge in [0.1, 0.15) is 11.7 Å². The second-order valence-corrected chi connectivity index (χ2v) is 7.92. The van der Waals surface area contributed by atoms with Gasteiger partial charge in [-0.2, -0.15) is 5.26 Å². The highest BCUT2D eigenvalue weighted by molar-refractivity contribution is 6.15. The zero-order chi connectivity index (χ0) is 21.5. The van der Waals surface area contributed by atoms with Crippen molar-refractivity contribution in [1.82, 2.24) is 15.0 Å². The van der Waals surface area contributed by atoms with Crippen molar-refractivity contribution >= 4 is 27.6 Å². The number of aromatic nitrogens is 3. The highest BCUT2D eigenvalue weighted by Crippen LogP contribution is 2.42. The summed E-state index contributed by atoms with van der Waals surface area (Å²) in [4.78, 5) is 14.0. The summed E-state index contributed by atoms with van der Waals surface area (Å²) in [7, 11) is 0. The number of aromatic amines is 1. The minimum absolute atomic E-state index is 0.179. The number of rotatable bonds is 3. The number of pyridine rings is 2. The Hall–Kier alpha value is -3.57.